The molecule has 0 spiro atoms. The van der Waals surface area contributed by atoms with Gasteiger partial charge in [0.15, 0.2) is 0 Å². The monoisotopic (exact) mass is 1650 g/mol. The Balaban J connectivity index is 0.000000160. The van der Waals surface area contributed by atoms with Crippen molar-refractivity contribution in [2.45, 2.75) is 182 Å². The lowest BCUT2D eigenvalue weighted by Crippen LogP contribution is -2.41. The summed E-state index contributed by atoms with van der Waals surface area (Å²) in [6.07, 6.45) is 21.8. The molecule has 1 aliphatic carbocycles. The van der Waals surface area contributed by atoms with E-state index in [1.165, 1.54) is 41.2 Å². The van der Waals surface area contributed by atoms with E-state index in [9.17, 15) is 32.8 Å². The minimum Gasteiger partial charge on any atom is -0.444 e. The third-order valence-corrected chi connectivity index (χ3v) is 21.2. The molecule has 0 radical (unpaired) electrons. The van der Waals surface area contributed by atoms with Crippen molar-refractivity contribution in [1.29, 1.82) is 0 Å². The van der Waals surface area contributed by atoms with E-state index in [1.54, 1.807) is 45.4 Å². The van der Waals surface area contributed by atoms with E-state index in [-0.39, 0.29) is 36.6 Å². The molecule has 29 heteroatoms. The molecule has 2 unspecified atom stereocenters. The number of imidazole rings is 1. The van der Waals surface area contributed by atoms with Gasteiger partial charge in [-0.05, 0) is 246 Å². The lowest BCUT2D eigenvalue weighted by atomic mass is 9.75. The van der Waals surface area contributed by atoms with Gasteiger partial charge in [-0.25, -0.2) is 32.8 Å². The van der Waals surface area contributed by atoms with Gasteiger partial charge in [-0.2, -0.15) is 4.31 Å². The summed E-state index contributed by atoms with van der Waals surface area (Å²) < 4.78 is 58.8. The molecule has 1 saturated carbocycles. The maximum atomic E-state index is 12.1. The second-order valence-corrected chi connectivity index (χ2v) is 35.4. The number of amides is 3. The summed E-state index contributed by atoms with van der Waals surface area (Å²) in [5, 5.41) is 18.4. The first-order chi connectivity index (χ1) is 49.2. The predicted molar refractivity (Wildman–Crippen MR) is 421 cm³/mol. The summed E-state index contributed by atoms with van der Waals surface area (Å²) in [6.45, 7) is 31.2. The average molecular weight is 1650 g/mol. The molecule has 6 aromatic rings. The van der Waals surface area contributed by atoms with Crippen molar-refractivity contribution in [3.8, 4) is 22.6 Å². The fraction of sp³-hybridized carbons (Fsp3) is 0.487. The number of nitrogens with zero attached hydrogens (tertiary/aromatic N) is 11. The minimum atomic E-state index is -3.18. The van der Waals surface area contributed by atoms with E-state index in [1.807, 2.05) is 170 Å². The van der Waals surface area contributed by atoms with Crippen LogP contribution in [0.15, 0.2) is 135 Å². The van der Waals surface area contributed by atoms with Gasteiger partial charge in [0.25, 0.3) is 0 Å². The van der Waals surface area contributed by atoms with E-state index in [4.69, 9.17) is 33.5 Å². The zero-order chi connectivity index (χ0) is 76.6. The largest absolute Gasteiger partial charge is 0.490 e. The highest BCUT2D eigenvalue weighted by molar-refractivity contribution is 9.11. The molecular formula is C76H98B2Br3N11O12S. The van der Waals surface area contributed by atoms with Crippen LogP contribution < -0.4 is 5.46 Å². The highest BCUT2D eigenvalue weighted by Crippen LogP contribution is 2.53. The van der Waals surface area contributed by atoms with Crippen molar-refractivity contribution < 1.29 is 56.4 Å². The summed E-state index contributed by atoms with van der Waals surface area (Å²) in [5.74, 6) is 1.73. The Labute approximate surface area is 644 Å². The summed E-state index contributed by atoms with van der Waals surface area (Å²) in [4.78, 5) is 68.2. The molecule has 105 heavy (non-hydrogen) atoms. The Morgan fingerprint density at radius 3 is 1.52 bits per heavy atom. The van der Waals surface area contributed by atoms with Crippen LogP contribution in [0.3, 0.4) is 0 Å². The van der Waals surface area contributed by atoms with Gasteiger partial charge in [0.05, 0.1) is 45.9 Å². The minimum absolute atomic E-state index is 0.255. The van der Waals surface area contributed by atoms with Crippen LogP contribution in [0.25, 0.3) is 39.4 Å². The molecular weight excluding hydrogens is 1550 g/mol. The van der Waals surface area contributed by atoms with E-state index in [0.717, 1.165) is 82.7 Å². The zero-order valence-corrected chi connectivity index (χ0v) is 68.4. The van der Waals surface area contributed by atoms with Crippen molar-refractivity contribution in [2.75, 3.05) is 58.6 Å². The summed E-state index contributed by atoms with van der Waals surface area (Å²) in [6, 6.07) is 21.7. The molecule has 2 N–H and O–H groups in total. The molecule has 2 atom stereocenters. The van der Waals surface area contributed by atoms with Gasteiger partial charge in [0.2, 0.25) is 10.0 Å². The summed E-state index contributed by atoms with van der Waals surface area (Å²) >= 11 is 9.96. The number of fused-ring (bicyclic) bond motifs is 5. The highest BCUT2D eigenvalue weighted by atomic mass is 79.9. The van der Waals surface area contributed by atoms with Crippen LogP contribution >= 0.6 is 47.8 Å². The molecule has 13 rings (SSSR count). The molecule has 6 aromatic heterocycles. The van der Waals surface area contributed by atoms with E-state index >= 15 is 0 Å². The number of pyridine rings is 5. The van der Waals surface area contributed by atoms with Crippen LogP contribution in [0.2, 0.25) is 0 Å². The Kier molecular flexibility index (Phi) is 27.0. The van der Waals surface area contributed by atoms with Crippen LogP contribution in [-0.2, 0) is 33.5 Å². The van der Waals surface area contributed by atoms with Gasteiger partial charge in [0.1, 0.15) is 32.9 Å². The molecule has 23 nitrogen and oxygen atoms in total. The Bertz CT molecular complexity index is 4330. The first kappa shape index (κ1) is 82.1. The molecule has 7 aliphatic rings. The first-order valence-electron chi connectivity index (χ1n) is 35.4. The number of aryl methyl sites for hydroxylation is 1. The van der Waals surface area contributed by atoms with Crippen LogP contribution in [0.5, 0.6) is 0 Å². The first-order valence-corrected chi connectivity index (χ1v) is 39.7. The fourth-order valence-corrected chi connectivity index (χ4v) is 14.6. The zero-order valence-electron chi connectivity index (χ0n) is 62.8. The van der Waals surface area contributed by atoms with Crippen molar-refractivity contribution in [2.24, 2.45) is 0 Å². The number of hydrogen-bond acceptors (Lipinski definition) is 18. The fourth-order valence-electron chi connectivity index (χ4n) is 12.5. The topological polar surface area (TPSA) is 267 Å². The quantitative estimate of drug-likeness (QED) is 0.0814. The Hall–Kier alpha value is -6.95. The number of aromatic nitrogens is 7. The summed E-state index contributed by atoms with van der Waals surface area (Å²) in [7, 11) is -5.00. The van der Waals surface area contributed by atoms with Crippen molar-refractivity contribution >= 4 is 113 Å². The maximum Gasteiger partial charge on any atom is 0.490 e. The third kappa shape index (κ3) is 22.8. The molecule has 0 aromatic carbocycles. The SMILES string of the molecule is Brc1ccnc(Br)c1.CC(C)(C)OC(=O)N1CC=C(B2OC(C)(C)C(C)(C)O2)CC1.CC(C)(C)OC(=O)N1CC=C(c2cc(B(O)O)ccn2)CC1.CC(C)(C)OC(=O)N1CC=C(c2cc(Br)ccn2)CC1.Cc1cccc(-c2nc3n(c2-c2ccnc(C4=CCN(S(C)(=O)=O)CC4)c2)C2CCC3C2)n1. The normalized spacial score (nSPS) is 19.0. The number of ether oxygens (including phenoxy) is 3. The van der Waals surface area contributed by atoms with Crippen molar-refractivity contribution in [3.63, 3.8) is 0 Å². The predicted octanol–water partition coefficient (Wildman–Crippen LogP) is 14.6. The van der Waals surface area contributed by atoms with Crippen LogP contribution in [0.4, 0.5) is 14.4 Å². The Morgan fingerprint density at radius 2 is 1.08 bits per heavy atom. The second kappa shape index (κ2) is 34.5. The number of rotatable bonds is 8. The molecule has 6 aliphatic heterocycles. The second-order valence-electron chi connectivity index (χ2n) is 30.8. The average Bonchev–Trinajstić information content (AvgIpc) is 1.57. The Morgan fingerprint density at radius 1 is 0.590 bits per heavy atom. The van der Waals surface area contributed by atoms with Gasteiger partial charge in [-0.1, -0.05) is 62.2 Å². The van der Waals surface area contributed by atoms with Crippen molar-refractivity contribution in [1.82, 2.24) is 53.5 Å². The maximum absolute atomic E-state index is 12.1. The number of carbonyl (C=O) groups is 3. The van der Waals surface area contributed by atoms with Gasteiger partial charge >= 0.3 is 32.5 Å². The van der Waals surface area contributed by atoms with Crippen LogP contribution in [-0.4, -0.2) is 191 Å². The van der Waals surface area contributed by atoms with Crippen LogP contribution in [0, 0.1) is 6.92 Å². The van der Waals surface area contributed by atoms with Gasteiger partial charge in [0, 0.05) is 109 Å². The summed E-state index contributed by atoms with van der Waals surface area (Å²) in [5.41, 5.74) is 10.3. The lowest BCUT2D eigenvalue weighted by Gasteiger charge is -2.32. The smallest absolute Gasteiger partial charge is 0.444 e. The third-order valence-electron chi connectivity index (χ3n) is 18.5. The van der Waals surface area contributed by atoms with Gasteiger partial charge in [-0.15, -0.1) is 0 Å². The molecule has 1 saturated heterocycles. The molecule has 562 valence electrons. The van der Waals surface area contributed by atoms with E-state index < -0.39 is 33.9 Å². The lowest BCUT2D eigenvalue weighted by molar-refractivity contribution is 0.00578. The van der Waals surface area contributed by atoms with Crippen LogP contribution in [0.1, 0.15) is 176 Å². The molecule has 3 amide bonds. The number of carbonyl (C=O) groups excluding carboxylic acids is 3. The van der Waals surface area contributed by atoms with Gasteiger partial charge < -0.3 is 52.8 Å². The number of sulfonamides is 1. The van der Waals surface area contributed by atoms with E-state index in [2.05, 4.69) is 84.4 Å². The van der Waals surface area contributed by atoms with E-state index in [0.29, 0.717) is 88.3 Å². The van der Waals surface area contributed by atoms with Gasteiger partial charge in [-0.3, -0.25) is 19.9 Å². The standard InChI is InChI=1S/C25H27N5O2S.C16H28BNO4.C15H21BN2O4.C15H19BrN2O2.C5H3Br2N/c1-16-4-3-5-21(27-16)23-24(30-20-7-6-19(14-20)25(30)28-23)18-8-11-26-22(15-18)17-9-12-29(13-10-17)33(2,31)32;1-14(2,3)20-13(19)18-10-8-12(9-11-18)17-21-15(4,5)16(6,7)22-17;1-15(2,3)22-14(19)18-8-5-11(6-9-18)13-10-12(16(20)21)4-7-17-13;1-15(2,3)20-14(19)18-8-5-11(6-9-18)13-10-12(16)4-7-17-13;6-4-1-2-8-5(7)3-4/h3-5,8-9,11,15,19-20H,6-7,10,12-14H2,1-2H3;8H,9-11H2,1-7H3;4-5,7,10,20-21H,6,8-9H2,1-3H3;4-5,7,10H,6,8-9H2,1-3H3;1-3H. The molecule has 2 bridgehead atoms. The number of halogens is 3. The molecule has 12 heterocycles. The highest BCUT2D eigenvalue weighted by Gasteiger charge is 2.52. The molecule has 2 fully saturated rings. The van der Waals surface area contributed by atoms with Crippen molar-refractivity contribution in [3.05, 3.63) is 163 Å². The number of hydrogen-bond donors (Lipinski definition) is 2.